The molecule has 2 unspecified atom stereocenters. The average Bonchev–Trinajstić information content (AvgIpc) is 2.52. The van der Waals surface area contributed by atoms with E-state index in [-0.39, 0.29) is 11.5 Å². The molecular weight excluding hydrogens is 322 g/mol. The van der Waals surface area contributed by atoms with Crippen molar-refractivity contribution in [1.29, 1.82) is 0 Å². The molecule has 7 heteroatoms. The largest absolute Gasteiger partial charge is 0.496 e. The van der Waals surface area contributed by atoms with Gasteiger partial charge >= 0.3 is 0 Å². The normalized spacial score (nSPS) is 25.9. The fourth-order valence-corrected chi connectivity index (χ4v) is 4.22. The summed E-state index contributed by atoms with van der Waals surface area (Å²) in [4.78, 5) is 0. The van der Waals surface area contributed by atoms with Crippen LogP contribution in [-0.4, -0.2) is 44.3 Å². The van der Waals surface area contributed by atoms with Gasteiger partial charge in [-0.25, -0.2) is 8.42 Å². The predicted octanol–water partition coefficient (Wildman–Crippen LogP) is 1.03. The van der Waals surface area contributed by atoms with Crippen molar-refractivity contribution in [2.75, 3.05) is 23.9 Å². The number of hydrogen-bond donors (Lipinski definition) is 2. The molecule has 1 fully saturated rings. The maximum atomic E-state index is 11.4. The summed E-state index contributed by atoms with van der Waals surface area (Å²) in [7, 11) is -1.57. The Hall–Kier alpha value is -0.790. The second-order valence-corrected chi connectivity index (χ2v) is 7.25. The van der Waals surface area contributed by atoms with E-state index in [1.54, 1.807) is 25.3 Å². The summed E-state index contributed by atoms with van der Waals surface area (Å²) < 4.78 is 28.6. The Morgan fingerprint density at radius 1 is 1.44 bits per heavy atom. The first-order valence-electron chi connectivity index (χ1n) is 5.40. The van der Waals surface area contributed by atoms with Gasteiger partial charge in [-0.05, 0) is 34.1 Å². The number of hydrogen-bond acceptors (Lipinski definition) is 5. The van der Waals surface area contributed by atoms with Gasteiger partial charge in [-0.15, -0.1) is 0 Å². The first kappa shape index (κ1) is 13.6. The van der Waals surface area contributed by atoms with Gasteiger partial charge < -0.3 is 15.2 Å². The molecule has 0 amide bonds. The molecule has 0 radical (unpaired) electrons. The first-order valence-corrected chi connectivity index (χ1v) is 8.01. The highest BCUT2D eigenvalue weighted by Gasteiger charge is 2.36. The molecule has 2 atom stereocenters. The van der Waals surface area contributed by atoms with Crippen LogP contribution in [0.2, 0.25) is 0 Å². The lowest BCUT2D eigenvalue weighted by Crippen LogP contribution is -2.31. The van der Waals surface area contributed by atoms with Crippen molar-refractivity contribution in [3.05, 3.63) is 22.7 Å². The van der Waals surface area contributed by atoms with Gasteiger partial charge in [-0.2, -0.15) is 0 Å². The fraction of sp³-hybridized carbons (Fsp3) is 0.455. The molecule has 5 nitrogen and oxygen atoms in total. The van der Waals surface area contributed by atoms with Crippen LogP contribution < -0.4 is 10.1 Å². The monoisotopic (exact) mass is 335 g/mol. The lowest BCUT2D eigenvalue weighted by Gasteiger charge is -2.17. The number of nitrogens with one attached hydrogen (secondary N) is 1. The van der Waals surface area contributed by atoms with Gasteiger partial charge in [-0.3, -0.25) is 0 Å². The number of methoxy groups -OCH3 is 1. The van der Waals surface area contributed by atoms with E-state index in [0.717, 1.165) is 10.2 Å². The molecule has 1 heterocycles. The number of benzene rings is 1. The summed E-state index contributed by atoms with van der Waals surface area (Å²) in [6.45, 7) is 0. The minimum Gasteiger partial charge on any atom is -0.496 e. The molecule has 0 spiro atoms. The predicted molar refractivity (Wildman–Crippen MR) is 72.8 cm³/mol. The molecule has 1 saturated heterocycles. The summed E-state index contributed by atoms with van der Waals surface area (Å²) in [5.41, 5.74) is 0.740. The Morgan fingerprint density at radius 2 is 2.17 bits per heavy atom. The van der Waals surface area contributed by atoms with Crippen LogP contribution >= 0.6 is 15.9 Å². The summed E-state index contributed by atoms with van der Waals surface area (Å²) in [6, 6.07) is 4.87. The molecule has 0 aromatic heterocycles. The van der Waals surface area contributed by atoms with Gasteiger partial charge in [0.05, 0.1) is 35.2 Å². The minimum atomic E-state index is -3.14. The zero-order chi connectivity index (χ0) is 13.3. The standard InChI is InChI=1S/C11H14BrNO4S/c1-17-11-3-2-7(4-8(11)12)13-9-5-18(15,16)6-10(9)14/h2-4,9-10,13-14H,5-6H2,1H3. The van der Waals surface area contributed by atoms with Gasteiger partial charge in [0.15, 0.2) is 9.84 Å². The first-order chi connectivity index (χ1) is 8.41. The Kier molecular flexibility index (Phi) is 3.84. The fourth-order valence-electron chi connectivity index (χ4n) is 1.94. The molecular formula is C11H14BrNO4S. The van der Waals surface area contributed by atoms with E-state index >= 15 is 0 Å². The maximum Gasteiger partial charge on any atom is 0.155 e. The molecule has 0 bridgehead atoms. The number of aliphatic hydroxyl groups excluding tert-OH is 1. The van der Waals surface area contributed by atoms with E-state index in [9.17, 15) is 13.5 Å². The second-order valence-electron chi connectivity index (χ2n) is 4.24. The highest BCUT2D eigenvalue weighted by Crippen LogP contribution is 2.28. The number of anilines is 1. The maximum absolute atomic E-state index is 11.4. The van der Waals surface area contributed by atoms with Crippen molar-refractivity contribution < 1.29 is 18.3 Å². The number of aliphatic hydroxyl groups is 1. The van der Waals surface area contributed by atoms with Crippen LogP contribution in [0, 0.1) is 0 Å². The van der Waals surface area contributed by atoms with Gasteiger partial charge in [0, 0.05) is 5.69 Å². The van der Waals surface area contributed by atoms with Gasteiger partial charge in [-0.1, -0.05) is 0 Å². The molecule has 2 rings (SSSR count). The van der Waals surface area contributed by atoms with Crippen LogP contribution in [0.5, 0.6) is 5.75 Å². The number of rotatable bonds is 3. The smallest absolute Gasteiger partial charge is 0.155 e. The summed E-state index contributed by atoms with van der Waals surface area (Å²) in [5, 5.41) is 12.7. The quantitative estimate of drug-likeness (QED) is 0.862. The summed E-state index contributed by atoms with van der Waals surface area (Å²) in [6.07, 6.45) is -0.865. The highest BCUT2D eigenvalue weighted by atomic mass is 79.9. The molecule has 0 saturated carbocycles. The van der Waals surface area contributed by atoms with Gasteiger partial charge in [0.1, 0.15) is 5.75 Å². The van der Waals surface area contributed by atoms with Crippen molar-refractivity contribution in [3.8, 4) is 5.75 Å². The Morgan fingerprint density at radius 3 is 2.67 bits per heavy atom. The third-order valence-corrected chi connectivity index (χ3v) is 5.16. The minimum absolute atomic E-state index is 0.0438. The van der Waals surface area contributed by atoms with Crippen LogP contribution in [0.4, 0.5) is 5.69 Å². The zero-order valence-electron chi connectivity index (χ0n) is 9.76. The van der Waals surface area contributed by atoms with E-state index in [4.69, 9.17) is 4.74 Å². The van der Waals surface area contributed by atoms with E-state index in [1.165, 1.54) is 0 Å². The van der Waals surface area contributed by atoms with Crippen molar-refractivity contribution in [3.63, 3.8) is 0 Å². The van der Waals surface area contributed by atoms with Crippen molar-refractivity contribution in [1.82, 2.24) is 0 Å². The van der Waals surface area contributed by atoms with E-state index in [2.05, 4.69) is 21.2 Å². The van der Waals surface area contributed by atoms with Crippen LogP contribution in [0.15, 0.2) is 22.7 Å². The number of sulfone groups is 1. The zero-order valence-corrected chi connectivity index (χ0v) is 12.2. The van der Waals surface area contributed by atoms with Crippen LogP contribution in [0.25, 0.3) is 0 Å². The average molecular weight is 336 g/mol. The molecule has 1 aliphatic rings. The van der Waals surface area contributed by atoms with Crippen molar-refractivity contribution in [2.45, 2.75) is 12.1 Å². The topological polar surface area (TPSA) is 75.6 Å². The Labute approximate surface area is 114 Å². The van der Waals surface area contributed by atoms with E-state index < -0.39 is 22.0 Å². The third kappa shape index (κ3) is 2.96. The van der Waals surface area contributed by atoms with Crippen molar-refractivity contribution in [2.24, 2.45) is 0 Å². The van der Waals surface area contributed by atoms with Crippen LogP contribution in [0.1, 0.15) is 0 Å². The highest BCUT2D eigenvalue weighted by molar-refractivity contribution is 9.10. The lowest BCUT2D eigenvalue weighted by molar-refractivity contribution is 0.190. The molecule has 1 aromatic rings. The summed E-state index contributed by atoms with van der Waals surface area (Å²) >= 11 is 3.35. The summed E-state index contributed by atoms with van der Waals surface area (Å²) in [5.74, 6) is 0.472. The number of halogens is 1. The molecule has 0 aliphatic carbocycles. The molecule has 1 aromatic carbocycles. The van der Waals surface area contributed by atoms with Crippen LogP contribution in [0.3, 0.4) is 0 Å². The Balaban J connectivity index is 2.13. The molecule has 2 N–H and O–H groups in total. The van der Waals surface area contributed by atoms with E-state index in [0.29, 0.717) is 5.75 Å². The third-order valence-electron chi connectivity index (χ3n) is 2.83. The van der Waals surface area contributed by atoms with E-state index in [1.807, 2.05) is 0 Å². The SMILES string of the molecule is COc1ccc(NC2CS(=O)(=O)CC2O)cc1Br. The van der Waals surface area contributed by atoms with Crippen molar-refractivity contribution >= 4 is 31.5 Å². The molecule has 1 aliphatic heterocycles. The van der Waals surface area contributed by atoms with Gasteiger partial charge in [0.2, 0.25) is 0 Å². The van der Waals surface area contributed by atoms with Crippen LogP contribution in [-0.2, 0) is 9.84 Å². The molecule has 18 heavy (non-hydrogen) atoms. The second kappa shape index (κ2) is 5.07. The molecule has 100 valence electrons. The Bertz CT molecular complexity index is 546. The number of ether oxygens (including phenoxy) is 1. The lowest BCUT2D eigenvalue weighted by atomic mass is 10.2. The van der Waals surface area contributed by atoms with Gasteiger partial charge in [0.25, 0.3) is 0 Å².